The SMILES string of the molecule is CCOCC(=O)N[C@H](Cc1ccc(C(=O)O)cc1)C(=O)O. The van der Waals surface area contributed by atoms with Gasteiger partial charge in [-0.25, -0.2) is 9.59 Å². The van der Waals surface area contributed by atoms with E-state index in [0.717, 1.165) is 0 Å². The van der Waals surface area contributed by atoms with Gasteiger partial charge in [0.1, 0.15) is 12.6 Å². The average molecular weight is 295 g/mol. The van der Waals surface area contributed by atoms with Gasteiger partial charge in [0.15, 0.2) is 0 Å². The van der Waals surface area contributed by atoms with Crippen LogP contribution in [0.4, 0.5) is 0 Å². The van der Waals surface area contributed by atoms with E-state index >= 15 is 0 Å². The Labute approximate surface area is 121 Å². The molecule has 7 nitrogen and oxygen atoms in total. The number of carboxylic acid groups (broad SMARTS) is 2. The molecule has 0 aliphatic carbocycles. The van der Waals surface area contributed by atoms with Crippen molar-refractivity contribution in [2.24, 2.45) is 0 Å². The summed E-state index contributed by atoms with van der Waals surface area (Å²) in [4.78, 5) is 33.3. The van der Waals surface area contributed by atoms with Gasteiger partial charge in [-0.2, -0.15) is 0 Å². The van der Waals surface area contributed by atoms with Crippen LogP contribution in [0.5, 0.6) is 0 Å². The zero-order valence-corrected chi connectivity index (χ0v) is 11.5. The van der Waals surface area contributed by atoms with Crippen LogP contribution < -0.4 is 5.32 Å². The standard InChI is InChI=1S/C14H17NO6/c1-2-21-8-12(16)15-11(14(19)20)7-9-3-5-10(6-4-9)13(17)18/h3-6,11H,2,7-8H2,1H3,(H,15,16)(H,17,18)(H,19,20)/t11-/m1/s1. The van der Waals surface area contributed by atoms with Crippen molar-refractivity contribution in [2.75, 3.05) is 13.2 Å². The van der Waals surface area contributed by atoms with E-state index in [1.54, 1.807) is 6.92 Å². The van der Waals surface area contributed by atoms with Crippen LogP contribution in [0.3, 0.4) is 0 Å². The number of carboxylic acids is 2. The molecule has 1 aromatic carbocycles. The molecule has 0 aromatic heterocycles. The van der Waals surface area contributed by atoms with Crippen molar-refractivity contribution >= 4 is 17.8 Å². The van der Waals surface area contributed by atoms with Crippen LogP contribution in [0.25, 0.3) is 0 Å². The highest BCUT2D eigenvalue weighted by Gasteiger charge is 2.20. The van der Waals surface area contributed by atoms with Crippen LogP contribution in [-0.2, 0) is 20.7 Å². The molecule has 0 fully saturated rings. The fourth-order valence-electron chi connectivity index (χ4n) is 1.65. The third-order valence-electron chi connectivity index (χ3n) is 2.71. The Morgan fingerprint density at radius 2 is 1.81 bits per heavy atom. The predicted octanol–water partition coefficient (Wildman–Crippen LogP) is 0.533. The van der Waals surface area contributed by atoms with Gasteiger partial charge in [0, 0.05) is 13.0 Å². The van der Waals surface area contributed by atoms with E-state index in [-0.39, 0.29) is 18.6 Å². The minimum Gasteiger partial charge on any atom is -0.480 e. The number of ether oxygens (including phenoxy) is 1. The van der Waals surface area contributed by atoms with E-state index in [9.17, 15) is 14.4 Å². The topological polar surface area (TPSA) is 113 Å². The first-order valence-electron chi connectivity index (χ1n) is 6.36. The highest BCUT2D eigenvalue weighted by molar-refractivity contribution is 5.87. The largest absolute Gasteiger partial charge is 0.480 e. The summed E-state index contributed by atoms with van der Waals surface area (Å²) in [5, 5.41) is 20.2. The van der Waals surface area contributed by atoms with E-state index in [0.29, 0.717) is 12.2 Å². The van der Waals surface area contributed by atoms with E-state index in [1.807, 2.05) is 0 Å². The fraction of sp³-hybridized carbons (Fsp3) is 0.357. The normalized spacial score (nSPS) is 11.7. The van der Waals surface area contributed by atoms with Crippen LogP contribution in [0.1, 0.15) is 22.8 Å². The zero-order valence-electron chi connectivity index (χ0n) is 11.5. The molecule has 1 amide bonds. The Kier molecular flexibility index (Phi) is 6.35. The Morgan fingerprint density at radius 1 is 1.19 bits per heavy atom. The Hall–Kier alpha value is -2.41. The van der Waals surface area contributed by atoms with Gasteiger partial charge in [-0.15, -0.1) is 0 Å². The number of hydrogen-bond donors (Lipinski definition) is 3. The van der Waals surface area contributed by atoms with Gasteiger partial charge in [-0.3, -0.25) is 4.79 Å². The molecule has 1 rings (SSSR count). The highest BCUT2D eigenvalue weighted by Crippen LogP contribution is 2.07. The van der Waals surface area contributed by atoms with Crippen LogP contribution in [-0.4, -0.2) is 47.3 Å². The van der Waals surface area contributed by atoms with Crippen molar-refractivity contribution in [2.45, 2.75) is 19.4 Å². The third kappa shape index (κ3) is 5.62. The summed E-state index contributed by atoms with van der Waals surface area (Å²) in [6.45, 7) is 1.89. The van der Waals surface area contributed by atoms with Gasteiger partial charge >= 0.3 is 11.9 Å². The molecule has 114 valence electrons. The number of amides is 1. The number of carbonyl (C=O) groups is 3. The molecular weight excluding hydrogens is 278 g/mol. The summed E-state index contributed by atoms with van der Waals surface area (Å²) < 4.78 is 4.90. The first kappa shape index (κ1) is 16.6. The third-order valence-corrected chi connectivity index (χ3v) is 2.71. The second-order valence-corrected chi connectivity index (χ2v) is 4.30. The quantitative estimate of drug-likeness (QED) is 0.645. The smallest absolute Gasteiger partial charge is 0.335 e. The Bertz CT molecular complexity index is 511. The van der Waals surface area contributed by atoms with E-state index in [2.05, 4.69) is 5.32 Å². The number of nitrogens with one attached hydrogen (secondary N) is 1. The van der Waals surface area contributed by atoms with Crippen LogP contribution in [0.2, 0.25) is 0 Å². The molecule has 7 heteroatoms. The van der Waals surface area contributed by atoms with Crippen molar-refractivity contribution in [3.63, 3.8) is 0 Å². The lowest BCUT2D eigenvalue weighted by Crippen LogP contribution is -2.43. The maximum Gasteiger partial charge on any atom is 0.335 e. The van der Waals surface area contributed by atoms with Crippen molar-refractivity contribution < 1.29 is 29.3 Å². The molecule has 21 heavy (non-hydrogen) atoms. The van der Waals surface area contributed by atoms with Gasteiger partial charge in [-0.05, 0) is 24.6 Å². The minimum absolute atomic E-state index is 0.0626. The highest BCUT2D eigenvalue weighted by atomic mass is 16.5. The maximum absolute atomic E-state index is 11.5. The van der Waals surface area contributed by atoms with Crippen LogP contribution in [0.15, 0.2) is 24.3 Å². The summed E-state index contributed by atoms with van der Waals surface area (Å²) in [7, 11) is 0. The average Bonchev–Trinajstić information content (AvgIpc) is 2.44. The number of rotatable bonds is 8. The predicted molar refractivity (Wildman–Crippen MR) is 73.2 cm³/mol. The molecule has 0 unspecified atom stereocenters. The summed E-state index contributed by atoms with van der Waals surface area (Å²) in [5.41, 5.74) is 0.732. The lowest BCUT2D eigenvalue weighted by atomic mass is 10.0. The minimum atomic E-state index is -1.16. The van der Waals surface area contributed by atoms with Crippen molar-refractivity contribution in [1.82, 2.24) is 5.32 Å². The van der Waals surface area contributed by atoms with Crippen LogP contribution >= 0.6 is 0 Å². The molecule has 0 saturated carbocycles. The van der Waals surface area contributed by atoms with Gasteiger partial charge in [0.25, 0.3) is 0 Å². The van der Waals surface area contributed by atoms with Gasteiger partial charge in [-0.1, -0.05) is 12.1 Å². The molecule has 1 aromatic rings. The van der Waals surface area contributed by atoms with Crippen molar-refractivity contribution in [1.29, 1.82) is 0 Å². The molecule has 3 N–H and O–H groups in total. The van der Waals surface area contributed by atoms with E-state index < -0.39 is 23.9 Å². The lowest BCUT2D eigenvalue weighted by molar-refractivity contribution is -0.142. The monoisotopic (exact) mass is 295 g/mol. The van der Waals surface area contributed by atoms with Crippen molar-refractivity contribution in [3.05, 3.63) is 35.4 Å². The number of benzene rings is 1. The number of aliphatic carboxylic acids is 1. The van der Waals surface area contributed by atoms with Crippen LogP contribution in [0, 0.1) is 0 Å². The Morgan fingerprint density at radius 3 is 2.29 bits per heavy atom. The molecular formula is C14H17NO6. The molecule has 0 heterocycles. The molecule has 0 saturated heterocycles. The summed E-state index contributed by atoms with van der Waals surface area (Å²) >= 11 is 0. The number of aromatic carboxylic acids is 1. The molecule has 0 aliphatic rings. The molecule has 1 atom stereocenters. The fourth-order valence-corrected chi connectivity index (χ4v) is 1.65. The molecule has 0 bridgehead atoms. The van der Waals surface area contributed by atoms with Gasteiger partial charge in [0.05, 0.1) is 5.56 Å². The first-order chi connectivity index (χ1) is 9.93. The second kappa shape index (κ2) is 8.01. The Balaban J connectivity index is 2.67. The zero-order chi connectivity index (χ0) is 15.8. The van der Waals surface area contributed by atoms with Gasteiger partial charge < -0.3 is 20.3 Å². The summed E-state index contributed by atoms with van der Waals surface area (Å²) in [5.74, 6) is -2.73. The van der Waals surface area contributed by atoms with E-state index in [1.165, 1.54) is 24.3 Å². The van der Waals surface area contributed by atoms with Gasteiger partial charge in [0.2, 0.25) is 5.91 Å². The molecule has 0 aliphatic heterocycles. The number of carbonyl (C=O) groups excluding carboxylic acids is 1. The van der Waals surface area contributed by atoms with Crippen molar-refractivity contribution in [3.8, 4) is 0 Å². The molecule has 0 radical (unpaired) electrons. The van der Waals surface area contributed by atoms with E-state index in [4.69, 9.17) is 14.9 Å². The lowest BCUT2D eigenvalue weighted by Gasteiger charge is -2.14. The molecule has 0 spiro atoms. The maximum atomic E-state index is 11.5. The summed E-state index contributed by atoms with van der Waals surface area (Å²) in [6, 6.07) is 4.73. The number of hydrogen-bond acceptors (Lipinski definition) is 4. The summed E-state index contributed by atoms with van der Waals surface area (Å²) in [6.07, 6.45) is 0.0626. The second-order valence-electron chi connectivity index (χ2n) is 4.30. The first-order valence-corrected chi connectivity index (χ1v) is 6.36.